The van der Waals surface area contributed by atoms with Gasteiger partial charge in [-0.15, -0.1) is 11.3 Å². The van der Waals surface area contributed by atoms with Crippen LogP contribution in [-0.4, -0.2) is 27.1 Å². The Hall–Kier alpha value is -3.39. The number of hydrogen-bond donors (Lipinski definition) is 2. The molecule has 1 amide bonds. The summed E-state index contributed by atoms with van der Waals surface area (Å²) in [6.07, 6.45) is 0. The molecule has 0 saturated carbocycles. The Morgan fingerprint density at radius 1 is 1.07 bits per heavy atom. The van der Waals surface area contributed by atoms with Crippen molar-refractivity contribution in [2.24, 2.45) is 0 Å². The summed E-state index contributed by atoms with van der Waals surface area (Å²) >= 11 is 1.26. The minimum Gasteiger partial charge on any atom is -0.504 e. The third-order valence-corrected chi connectivity index (χ3v) is 5.44. The fraction of sp³-hybridized carbons (Fsp3) is 0.227. The van der Waals surface area contributed by atoms with Crippen molar-refractivity contribution in [3.8, 4) is 11.5 Å². The number of ether oxygens (including phenoxy) is 1. The summed E-state index contributed by atoms with van der Waals surface area (Å²) in [6.45, 7) is 6.85. The van der Waals surface area contributed by atoms with Crippen LogP contribution in [0.2, 0.25) is 0 Å². The highest BCUT2D eigenvalue weighted by molar-refractivity contribution is 7.14. The molecule has 0 unspecified atom stereocenters. The molecule has 7 nitrogen and oxygen atoms in total. The third kappa shape index (κ3) is 4.28. The maximum atomic E-state index is 12.3. The summed E-state index contributed by atoms with van der Waals surface area (Å²) in [5, 5.41) is 21.9. The molecule has 3 aromatic rings. The molecule has 2 aromatic carbocycles. The van der Waals surface area contributed by atoms with Gasteiger partial charge in [0.15, 0.2) is 16.6 Å². The second kappa shape index (κ2) is 8.54. The van der Waals surface area contributed by atoms with E-state index < -0.39 is 11.7 Å². The van der Waals surface area contributed by atoms with Gasteiger partial charge in [0, 0.05) is 12.3 Å². The fourth-order valence-electron chi connectivity index (χ4n) is 2.99. The molecule has 8 heteroatoms. The maximum absolute atomic E-state index is 12.3. The number of carbonyl (C=O) groups is 2. The van der Waals surface area contributed by atoms with Crippen molar-refractivity contribution >= 4 is 34.0 Å². The Labute approximate surface area is 178 Å². The average Bonchev–Trinajstić information content (AvgIpc) is 3.14. The van der Waals surface area contributed by atoms with E-state index >= 15 is 0 Å². The van der Waals surface area contributed by atoms with Crippen LogP contribution in [0, 0.1) is 20.8 Å². The van der Waals surface area contributed by atoms with Gasteiger partial charge in [0.25, 0.3) is 0 Å². The first-order chi connectivity index (χ1) is 14.2. The number of benzene rings is 2. The van der Waals surface area contributed by atoms with E-state index in [0.29, 0.717) is 16.4 Å². The van der Waals surface area contributed by atoms with Crippen LogP contribution in [0.4, 0.5) is 10.8 Å². The first-order valence-electron chi connectivity index (χ1n) is 9.20. The predicted molar refractivity (Wildman–Crippen MR) is 114 cm³/mol. The molecular weight excluding hydrogens is 404 g/mol. The van der Waals surface area contributed by atoms with Gasteiger partial charge in [-0.05, 0) is 44.0 Å². The zero-order valence-corrected chi connectivity index (χ0v) is 17.9. The number of phenols is 2. The molecule has 1 heterocycles. The molecule has 30 heavy (non-hydrogen) atoms. The number of nitrogens with zero attached hydrogens (tertiary/aromatic N) is 2. The van der Waals surface area contributed by atoms with Crippen LogP contribution in [0.15, 0.2) is 35.7 Å². The standard InChI is InChI=1S/C22H22N2O5S/c1-12-5-8-18(14(3)9-12)24(15(4)25)22-23-16(11-30-22)10-29-21(28)17-7-6-13(2)19(26)20(17)27/h5-9,11,26-27H,10H2,1-4H3. The lowest BCUT2D eigenvalue weighted by molar-refractivity contribution is -0.115. The van der Waals surface area contributed by atoms with Crippen molar-refractivity contribution in [1.29, 1.82) is 0 Å². The van der Waals surface area contributed by atoms with Crippen molar-refractivity contribution in [2.45, 2.75) is 34.3 Å². The minimum absolute atomic E-state index is 0.130. The molecule has 0 fully saturated rings. The lowest BCUT2D eigenvalue weighted by Crippen LogP contribution is -2.23. The van der Waals surface area contributed by atoms with Crippen LogP contribution in [0.25, 0.3) is 0 Å². The summed E-state index contributed by atoms with van der Waals surface area (Å²) in [7, 11) is 0. The molecule has 0 aliphatic heterocycles. The van der Waals surface area contributed by atoms with Crippen molar-refractivity contribution in [3.63, 3.8) is 0 Å². The molecule has 3 rings (SSSR count). The third-order valence-electron chi connectivity index (χ3n) is 4.56. The number of aryl methyl sites for hydroxylation is 3. The number of phenolic OH excluding ortho intramolecular Hbond substituents is 2. The van der Waals surface area contributed by atoms with Gasteiger partial charge >= 0.3 is 5.97 Å². The highest BCUT2D eigenvalue weighted by Gasteiger charge is 2.21. The number of anilines is 2. The number of esters is 1. The summed E-state index contributed by atoms with van der Waals surface area (Å²) in [6, 6.07) is 8.70. The summed E-state index contributed by atoms with van der Waals surface area (Å²) < 4.78 is 5.22. The van der Waals surface area contributed by atoms with Gasteiger partial charge < -0.3 is 14.9 Å². The van der Waals surface area contributed by atoms with Crippen LogP contribution < -0.4 is 4.90 Å². The van der Waals surface area contributed by atoms with Crippen LogP contribution >= 0.6 is 11.3 Å². The molecule has 1 aromatic heterocycles. The number of amides is 1. The molecule has 2 N–H and O–H groups in total. The van der Waals surface area contributed by atoms with E-state index in [2.05, 4.69) is 4.98 Å². The lowest BCUT2D eigenvalue weighted by atomic mass is 10.1. The van der Waals surface area contributed by atoms with Gasteiger partial charge in [-0.25, -0.2) is 9.78 Å². The topological polar surface area (TPSA) is 100.0 Å². The normalized spacial score (nSPS) is 10.7. The molecule has 0 bridgehead atoms. The van der Waals surface area contributed by atoms with E-state index in [-0.39, 0.29) is 23.8 Å². The summed E-state index contributed by atoms with van der Waals surface area (Å²) in [5.74, 6) is -1.84. The molecular formula is C22H22N2O5S. The van der Waals surface area contributed by atoms with Crippen LogP contribution in [0.5, 0.6) is 11.5 Å². The van der Waals surface area contributed by atoms with E-state index in [1.54, 1.807) is 12.3 Å². The molecule has 156 valence electrons. The monoisotopic (exact) mass is 426 g/mol. The van der Waals surface area contributed by atoms with Gasteiger partial charge in [0.2, 0.25) is 5.91 Å². The summed E-state index contributed by atoms with van der Waals surface area (Å²) in [5.41, 5.74) is 3.57. The van der Waals surface area contributed by atoms with E-state index in [1.807, 2.05) is 32.0 Å². The number of rotatable bonds is 5. The first-order valence-corrected chi connectivity index (χ1v) is 10.1. The van der Waals surface area contributed by atoms with Gasteiger partial charge in [0.1, 0.15) is 12.2 Å². The van der Waals surface area contributed by atoms with Gasteiger partial charge in [0.05, 0.1) is 11.4 Å². The largest absolute Gasteiger partial charge is 0.504 e. The number of hydrogen-bond acceptors (Lipinski definition) is 7. The van der Waals surface area contributed by atoms with Crippen molar-refractivity contribution in [2.75, 3.05) is 4.90 Å². The highest BCUT2D eigenvalue weighted by atomic mass is 32.1. The van der Waals surface area contributed by atoms with Gasteiger partial charge in [-0.1, -0.05) is 23.8 Å². The SMILES string of the molecule is CC(=O)N(c1nc(COC(=O)c2ccc(C)c(O)c2O)cs1)c1ccc(C)cc1C. The molecule has 0 aliphatic rings. The number of thiazole rings is 1. The van der Waals surface area contributed by atoms with Crippen LogP contribution in [-0.2, 0) is 16.1 Å². The van der Waals surface area contributed by atoms with E-state index in [9.17, 15) is 19.8 Å². The molecule has 0 spiro atoms. The Morgan fingerprint density at radius 3 is 2.47 bits per heavy atom. The van der Waals surface area contributed by atoms with Gasteiger partial charge in [-0.2, -0.15) is 0 Å². The first kappa shape index (κ1) is 21.3. The number of carbonyl (C=O) groups excluding carboxylic acids is 2. The van der Waals surface area contributed by atoms with Crippen molar-refractivity contribution in [1.82, 2.24) is 4.98 Å². The zero-order chi connectivity index (χ0) is 22.0. The number of aromatic nitrogens is 1. The molecule has 0 saturated heterocycles. The second-order valence-electron chi connectivity index (χ2n) is 6.97. The molecule has 0 radical (unpaired) electrons. The Bertz CT molecular complexity index is 1120. The highest BCUT2D eigenvalue weighted by Crippen LogP contribution is 2.34. The van der Waals surface area contributed by atoms with Crippen LogP contribution in [0.1, 0.15) is 39.7 Å². The fourth-order valence-corrected chi connectivity index (χ4v) is 3.86. The van der Waals surface area contributed by atoms with Crippen LogP contribution in [0.3, 0.4) is 0 Å². The Kier molecular flexibility index (Phi) is 6.07. The Morgan fingerprint density at radius 2 is 1.80 bits per heavy atom. The average molecular weight is 426 g/mol. The number of aromatic hydroxyl groups is 2. The summed E-state index contributed by atoms with van der Waals surface area (Å²) in [4.78, 5) is 30.5. The van der Waals surface area contributed by atoms with Crippen molar-refractivity contribution in [3.05, 3.63) is 63.7 Å². The van der Waals surface area contributed by atoms with E-state index in [0.717, 1.165) is 16.8 Å². The minimum atomic E-state index is -0.782. The molecule has 0 atom stereocenters. The van der Waals surface area contributed by atoms with E-state index in [1.165, 1.54) is 35.3 Å². The van der Waals surface area contributed by atoms with Crippen molar-refractivity contribution < 1.29 is 24.5 Å². The van der Waals surface area contributed by atoms with Gasteiger partial charge in [-0.3, -0.25) is 9.69 Å². The Balaban J connectivity index is 1.78. The quantitative estimate of drug-likeness (QED) is 0.460. The zero-order valence-electron chi connectivity index (χ0n) is 17.1. The lowest BCUT2D eigenvalue weighted by Gasteiger charge is -2.20. The maximum Gasteiger partial charge on any atom is 0.342 e. The second-order valence-corrected chi connectivity index (χ2v) is 7.81. The predicted octanol–water partition coefficient (Wildman–Crippen LogP) is 4.52. The smallest absolute Gasteiger partial charge is 0.342 e. The van der Waals surface area contributed by atoms with E-state index in [4.69, 9.17) is 4.74 Å². The molecule has 0 aliphatic carbocycles.